The second-order valence-electron chi connectivity index (χ2n) is 5.59. The molecule has 1 aromatic heterocycles. The van der Waals surface area contributed by atoms with Gasteiger partial charge in [-0.2, -0.15) is 13.2 Å². The second-order valence-corrected chi connectivity index (χ2v) is 5.59. The Morgan fingerprint density at radius 1 is 1.30 bits per heavy atom. The summed E-state index contributed by atoms with van der Waals surface area (Å²) in [5.41, 5.74) is -0.286. The van der Waals surface area contributed by atoms with Gasteiger partial charge in [-0.1, -0.05) is 0 Å². The fraction of sp³-hybridized carbons (Fsp3) is 0.692. The minimum absolute atomic E-state index is 0.107. The third-order valence-electron chi connectivity index (χ3n) is 3.92. The number of nitrogens with zero attached hydrogens (tertiary/aromatic N) is 2. The Morgan fingerprint density at radius 2 is 2.05 bits per heavy atom. The Labute approximate surface area is 114 Å². The van der Waals surface area contributed by atoms with Crippen LogP contribution in [0.3, 0.4) is 0 Å². The molecule has 2 aliphatic rings. The lowest BCUT2D eigenvalue weighted by Gasteiger charge is -2.34. The van der Waals surface area contributed by atoms with E-state index in [-0.39, 0.29) is 24.4 Å². The fourth-order valence-corrected chi connectivity index (χ4v) is 2.63. The molecular formula is C13H16F3N3O. The van der Waals surface area contributed by atoms with Gasteiger partial charge in [-0.3, -0.25) is 4.79 Å². The van der Waals surface area contributed by atoms with E-state index >= 15 is 0 Å². The number of hydrogen-bond donors (Lipinski definition) is 1. The van der Waals surface area contributed by atoms with E-state index in [0.29, 0.717) is 24.6 Å². The van der Waals surface area contributed by atoms with E-state index in [1.54, 1.807) is 4.90 Å². The first-order valence-corrected chi connectivity index (χ1v) is 6.86. The number of H-pyrrole nitrogens is 1. The van der Waals surface area contributed by atoms with Crippen LogP contribution in [0, 0.1) is 5.92 Å². The summed E-state index contributed by atoms with van der Waals surface area (Å²) < 4.78 is 38.4. The average Bonchev–Trinajstić information content (AvgIpc) is 3.21. The summed E-state index contributed by atoms with van der Waals surface area (Å²) in [6, 6.07) is 1.30. The zero-order valence-electron chi connectivity index (χ0n) is 10.9. The van der Waals surface area contributed by atoms with E-state index in [2.05, 4.69) is 9.97 Å². The molecule has 0 radical (unpaired) electrons. The summed E-state index contributed by atoms with van der Waals surface area (Å²) in [4.78, 5) is 20.2. The first-order chi connectivity index (χ1) is 9.43. The Kier molecular flexibility index (Phi) is 3.22. The van der Waals surface area contributed by atoms with Crippen molar-refractivity contribution in [2.75, 3.05) is 18.0 Å². The lowest BCUT2D eigenvalue weighted by molar-refractivity contribution is -0.176. The van der Waals surface area contributed by atoms with E-state index in [9.17, 15) is 18.0 Å². The van der Waals surface area contributed by atoms with Gasteiger partial charge in [-0.15, -0.1) is 0 Å². The van der Waals surface area contributed by atoms with Gasteiger partial charge in [0.05, 0.1) is 5.92 Å². The van der Waals surface area contributed by atoms with Gasteiger partial charge in [-0.25, -0.2) is 4.98 Å². The predicted octanol–water partition coefficient (Wildman–Crippen LogP) is 2.43. The summed E-state index contributed by atoms with van der Waals surface area (Å²) in [5.74, 6) is -0.0706. The van der Waals surface area contributed by atoms with E-state index in [1.165, 1.54) is 6.07 Å². The zero-order chi connectivity index (χ0) is 14.3. The lowest BCUT2D eigenvalue weighted by Crippen LogP contribution is -2.42. The number of aromatic nitrogens is 2. The molecule has 1 saturated carbocycles. The van der Waals surface area contributed by atoms with Crippen LogP contribution in [-0.2, 0) is 0 Å². The lowest BCUT2D eigenvalue weighted by atomic mass is 9.97. The van der Waals surface area contributed by atoms with Crippen LogP contribution in [0.2, 0.25) is 0 Å². The highest BCUT2D eigenvalue weighted by atomic mass is 19.4. The molecule has 1 unspecified atom stereocenters. The van der Waals surface area contributed by atoms with Crippen molar-refractivity contribution < 1.29 is 13.2 Å². The molecule has 3 rings (SSSR count). The molecule has 1 atom stereocenters. The Morgan fingerprint density at radius 3 is 2.70 bits per heavy atom. The minimum atomic E-state index is -4.18. The summed E-state index contributed by atoms with van der Waals surface area (Å²) in [7, 11) is 0. The van der Waals surface area contributed by atoms with Gasteiger partial charge in [0.2, 0.25) is 0 Å². The van der Waals surface area contributed by atoms with Crippen molar-refractivity contribution in [3.63, 3.8) is 0 Å². The molecule has 7 heteroatoms. The molecule has 0 spiro atoms. The quantitative estimate of drug-likeness (QED) is 0.909. The third-order valence-corrected chi connectivity index (χ3v) is 3.92. The van der Waals surface area contributed by atoms with Crippen LogP contribution in [0.15, 0.2) is 10.9 Å². The molecule has 1 aliphatic heterocycles. The van der Waals surface area contributed by atoms with Gasteiger partial charge < -0.3 is 9.88 Å². The number of nitrogens with one attached hydrogen (secondary N) is 1. The largest absolute Gasteiger partial charge is 0.393 e. The van der Waals surface area contributed by atoms with Crippen molar-refractivity contribution in [2.24, 2.45) is 5.92 Å². The molecule has 1 aromatic rings. The Bertz CT molecular complexity index is 551. The highest BCUT2D eigenvalue weighted by Crippen LogP contribution is 2.38. The highest BCUT2D eigenvalue weighted by Gasteiger charge is 2.42. The van der Waals surface area contributed by atoms with Crippen LogP contribution in [0.5, 0.6) is 0 Å². The molecule has 1 aliphatic carbocycles. The number of hydrogen-bond acceptors (Lipinski definition) is 3. The number of aromatic amines is 1. The number of piperidine rings is 1. The first kappa shape index (κ1) is 13.5. The molecule has 20 heavy (non-hydrogen) atoms. The van der Waals surface area contributed by atoms with Crippen LogP contribution in [0.4, 0.5) is 19.0 Å². The van der Waals surface area contributed by atoms with Gasteiger partial charge in [0.1, 0.15) is 11.6 Å². The Balaban J connectivity index is 1.83. The highest BCUT2D eigenvalue weighted by molar-refractivity contribution is 5.39. The maximum atomic E-state index is 12.8. The van der Waals surface area contributed by atoms with Gasteiger partial charge in [0.25, 0.3) is 5.56 Å². The number of anilines is 1. The average molecular weight is 287 g/mol. The van der Waals surface area contributed by atoms with E-state index in [1.807, 2.05) is 0 Å². The van der Waals surface area contributed by atoms with Gasteiger partial charge in [0.15, 0.2) is 0 Å². The fourth-order valence-electron chi connectivity index (χ4n) is 2.63. The second kappa shape index (κ2) is 4.79. The summed E-state index contributed by atoms with van der Waals surface area (Å²) in [6.45, 7) is 0.414. The van der Waals surface area contributed by atoms with E-state index in [0.717, 1.165) is 12.8 Å². The smallest absolute Gasteiger partial charge is 0.356 e. The van der Waals surface area contributed by atoms with Crippen LogP contribution in [0.25, 0.3) is 0 Å². The van der Waals surface area contributed by atoms with Crippen LogP contribution < -0.4 is 10.5 Å². The standard InChI is InChI=1S/C13H16F3N3O/c14-13(15,16)9-2-1-5-19(7-9)10-6-11(20)18-12(17-10)8-3-4-8/h6,8-9H,1-5,7H2,(H,17,18,20). The van der Waals surface area contributed by atoms with Gasteiger partial charge in [-0.05, 0) is 25.7 Å². The van der Waals surface area contributed by atoms with Crippen LogP contribution >= 0.6 is 0 Å². The van der Waals surface area contributed by atoms with Crippen molar-refractivity contribution >= 4 is 5.82 Å². The van der Waals surface area contributed by atoms with Gasteiger partial charge in [0, 0.05) is 25.1 Å². The molecule has 0 bridgehead atoms. The zero-order valence-corrected chi connectivity index (χ0v) is 10.9. The van der Waals surface area contributed by atoms with Gasteiger partial charge >= 0.3 is 6.18 Å². The monoisotopic (exact) mass is 287 g/mol. The van der Waals surface area contributed by atoms with Crippen LogP contribution in [0.1, 0.15) is 37.4 Å². The molecule has 0 amide bonds. The molecule has 4 nitrogen and oxygen atoms in total. The normalized spacial score (nSPS) is 23.9. The third kappa shape index (κ3) is 2.81. The molecule has 2 fully saturated rings. The van der Waals surface area contributed by atoms with Crippen molar-refractivity contribution in [1.29, 1.82) is 0 Å². The molecule has 2 heterocycles. The summed E-state index contributed by atoms with van der Waals surface area (Å²) in [5, 5.41) is 0. The predicted molar refractivity (Wildman–Crippen MR) is 67.8 cm³/mol. The molecule has 1 N–H and O–H groups in total. The van der Waals surface area contributed by atoms with E-state index in [4.69, 9.17) is 0 Å². The number of rotatable bonds is 2. The topological polar surface area (TPSA) is 49.0 Å². The first-order valence-electron chi connectivity index (χ1n) is 6.86. The molecule has 110 valence electrons. The van der Waals surface area contributed by atoms with Crippen molar-refractivity contribution in [3.05, 3.63) is 22.2 Å². The van der Waals surface area contributed by atoms with E-state index < -0.39 is 12.1 Å². The summed E-state index contributed by atoms with van der Waals surface area (Å²) in [6.07, 6.45) is -1.59. The van der Waals surface area contributed by atoms with Crippen molar-refractivity contribution in [3.8, 4) is 0 Å². The van der Waals surface area contributed by atoms with Crippen LogP contribution in [-0.4, -0.2) is 29.2 Å². The molecule has 1 saturated heterocycles. The Hall–Kier alpha value is -1.53. The molecule has 0 aromatic carbocycles. The summed E-state index contributed by atoms with van der Waals surface area (Å²) >= 11 is 0. The van der Waals surface area contributed by atoms with Crippen molar-refractivity contribution in [1.82, 2.24) is 9.97 Å². The van der Waals surface area contributed by atoms with Crippen molar-refractivity contribution in [2.45, 2.75) is 37.8 Å². The maximum absolute atomic E-state index is 12.8. The minimum Gasteiger partial charge on any atom is -0.356 e. The maximum Gasteiger partial charge on any atom is 0.393 e. The SMILES string of the molecule is O=c1cc(N2CCCC(C(F)(F)F)C2)nc(C2CC2)[nH]1. The number of halogens is 3. The number of alkyl halides is 3. The molecular weight excluding hydrogens is 271 g/mol.